The van der Waals surface area contributed by atoms with Crippen LogP contribution in [0.2, 0.25) is 0 Å². The van der Waals surface area contributed by atoms with Gasteiger partial charge in [0.05, 0.1) is 6.54 Å². The molecule has 0 radical (unpaired) electrons. The monoisotopic (exact) mass is 198 g/mol. The zero-order valence-corrected chi connectivity index (χ0v) is 9.00. The van der Waals surface area contributed by atoms with Gasteiger partial charge in [-0.1, -0.05) is 19.3 Å². The second-order valence-electron chi connectivity index (χ2n) is 4.17. The van der Waals surface area contributed by atoms with Gasteiger partial charge in [-0.15, -0.1) is 0 Å². The van der Waals surface area contributed by atoms with Crippen LogP contribution in [0.25, 0.3) is 0 Å². The molecule has 0 amide bonds. The zero-order chi connectivity index (χ0) is 10.4. The van der Waals surface area contributed by atoms with Crippen molar-refractivity contribution in [3.05, 3.63) is 0 Å². The molecule has 0 saturated heterocycles. The maximum absolute atomic E-state index is 5.27. The van der Waals surface area contributed by atoms with Crippen molar-refractivity contribution < 1.29 is 0 Å². The lowest BCUT2D eigenvalue weighted by Crippen LogP contribution is -2.40. The Labute approximate surface area is 86.1 Å². The third-order valence-electron chi connectivity index (χ3n) is 2.67. The Kier molecular flexibility index (Phi) is 4.73. The fraction of sp³-hybridized carbons (Fsp3) is 0.900. The van der Waals surface area contributed by atoms with Crippen LogP contribution in [-0.2, 0) is 0 Å². The van der Waals surface area contributed by atoms with Crippen LogP contribution in [0.4, 0.5) is 0 Å². The summed E-state index contributed by atoms with van der Waals surface area (Å²) >= 11 is 0. The second-order valence-corrected chi connectivity index (χ2v) is 4.17. The molecule has 1 unspecified atom stereocenters. The summed E-state index contributed by atoms with van der Waals surface area (Å²) in [5.41, 5.74) is 10.5. The van der Waals surface area contributed by atoms with Crippen molar-refractivity contribution >= 4 is 5.96 Å². The van der Waals surface area contributed by atoms with Gasteiger partial charge in [0.15, 0.2) is 5.96 Å². The standard InChI is InChI=1S/C10H22N4/c1-8(7-13-10(11)12)14-9-5-3-2-4-6-9/h8-9,14H,2-7H2,1H3,(H4,11,12,13). The number of aliphatic imine (C=N–C) groups is 1. The van der Waals surface area contributed by atoms with Crippen LogP contribution in [0.1, 0.15) is 39.0 Å². The maximum atomic E-state index is 5.27. The van der Waals surface area contributed by atoms with Gasteiger partial charge in [0.25, 0.3) is 0 Å². The van der Waals surface area contributed by atoms with E-state index in [9.17, 15) is 0 Å². The highest BCUT2D eigenvalue weighted by atomic mass is 15.0. The maximum Gasteiger partial charge on any atom is 0.185 e. The SMILES string of the molecule is CC(CN=C(N)N)NC1CCCCC1. The zero-order valence-electron chi connectivity index (χ0n) is 9.00. The number of nitrogens with two attached hydrogens (primary N) is 2. The first-order chi connectivity index (χ1) is 6.68. The van der Waals surface area contributed by atoms with Crippen LogP contribution < -0.4 is 16.8 Å². The molecule has 1 aliphatic rings. The van der Waals surface area contributed by atoms with Crippen LogP contribution >= 0.6 is 0 Å². The Hall–Kier alpha value is -0.770. The van der Waals surface area contributed by atoms with Gasteiger partial charge in [-0.05, 0) is 19.8 Å². The largest absolute Gasteiger partial charge is 0.370 e. The second kappa shape index (κ2) is 5.86. The van der Waals surface area contributed by atoms with Crippen LogP contribution in [-0.4, -0.2) is 24.6 Å². The molecule has 0 heterocycles. The molecular formula is C10H22N4. The molecule has 0 aromatic rings. The van der Waals surface area contributed by atoms with Crippen molar-refractivity contribution in [1.29, 1.82) is 0 Å². The first kappa shape index (κ1) is 11.3. The highest BCUT2D eigenvalue weighted by Crippen LogP contribution is 2.17. The van der Waals surface area contributed by atoms with Crippen molar-refractivity contribution in [3.8, 4) is 0 Å². The third-order valence-corrected chi connectivity index (χ3v) is 2.67. The number of rotatable bonds is 4. The quantitative estimate of drug-likeness (QED) is 0.456. The van der Waals surface area contributed by atoms with Crippen LogP contribution in [0.5, 0.6) is 0 Å². The predicted molar refractivity (Wildman–Crippen MR) is 60.1 cm³/mol. The summed E-state index contributed by atoms with van der Waals surface area (Å²) < 4.78 is 0. The molecule has 0 aliphatic heterocycles. The molecule has 1 aliphatic carbocycles. The molecule has 82 valence electrons. The van der Waals surface area contributed by atoms with Gasteiger partial charge in [-0.2, -0.15) is 0 Å². The lowest BCUT2D eigenvalue weighted by atomic mass is 9.95. The van der Waals surface area contributed by atoms with Crippen molar-refractivity contribution in [1.82, 2.24) is 5.32 Å². The first-order valence-electron chi connectivity index (χ1n) is 5.50. The normalized spacial score (nSPS) is 20.4. The minimum Gasteiger partial charge on any atom is -0.370 e. The number of hydrogen-bond acceptors (Lipinski definition) is 2. The van der Waals surface area contributed by atoms with Gasteiger partial charge in [0, 0.05) is 12.1 Å². The minimum atomic E-state index is 0.183. The molecule has 4 nitrogen and oxygen atoms in total. The van der Waals surface area contributed by atoms with E-state index in [2.05, 4.69) is 17.2 Å². The van der Waals surface area contributed by atoms with Gasteiger partial charge in [-0.3, -0.25) is 4.99 Å². The summed E-state index contributed by atoms with van der Waals surface area (Å²) in [6.45, 7) is 2.81. The van der Waals surface area contributed by atoms with Gasteiger partial charge < -0.3 is 16.8 Å². The third kappa shape index (κ3) is 4.46. The average Bonchev–Trinajstić information content (AvgIpc) is 2.16. The Morgan fingerprint density at radius 2 is 2.00 bits per heavy atom. The Morgan fingerprint density at radius 3 is 2.57 bits per heavy atom. The van der Waals surface area contributed by atoms with E-state index in [0.29, 0.717) is 18.6 Å². The van der Waals surface area contributed by atoms with E-state index in [4.69, 9.17) is 11.5 Å². The fourth-order valence-corrected chi connectivity index (χ4v) is 1.97. The summed E-state index contributed by atoms with van der Waals surface area (Å²) in [5.74, 6) is 0.183. The molecule has 0 spiro atoms. The summed E-state index contributed by atoms with van der Waals surface area (Å²) in [7, 11) is 0. The first-order valence-corrected chi connectivity index (χ1v) is 5.50. The van der Waals surface area contributed by atoms with E-state index < -0.39 is 0 Å². The minimum absolute atomic E-state index is 0.183. The highest BCUT2D eigenvalue weighted by Gasteiger charge is 2.14. The van der Waals surface area contributed by atoms with Gasteiger partial charge in [0.1, 0.15) is 0 Å². The molecule has 0 aromatic carbocycles. The topological polar surface area (TPSA) is 76.4 Å². The number of nitrogens with one attached hydrogen (secondary N) is 1. The van der Waals surface area contributed by atoms with E-state index in [1.165, 1.54) is 32.1 Å². The van der Waals surface area contributed by atoms with Gasteiger partial charge in [-0.25, -0.2) is 0 Å². The lowest BCUT2D eigenvalue weighted by Gasteiger charge is -2.25. The van der Waals surface area contributed by atoms with Crippen molar-refractivity contribution in [2.24, 2.45) is 16.5 Å². The molecule has 5 N–H and O–H groups in total. The molecular weight excluding hydrogens is 176 g/mol. The predicted octanol–water partition coefficient (Wildman–Crippen LogP) is 0.571. The molecule has 0 aromatic heterocycles. The lowest BCUT2D eigenvalue weighted by molar-refractivity contribution is 0.346. The molecule has 1 atom stereocenters. The number of hydrogen-bond donors (Lipinski definition) is 3. The highest BCUT2D eigenvalue weighted by molar-refractivity contribution is 5.75. The van der Waals surface area contributed by atoms with Crippen LogP contribution in [0.15, 0.2) is 4.99 Å². The average molecular weight is 198 g/mol. The molecule has 1 rings (SSSR count). The summed E-state index contributed by atoms with van der Waals surface area (Å²) in [4.78, 5) is 4.00. The fourth-order valence-electron chi connectivity index (χ4n) is 1.97. The molecule has 4 heteroatoms. The number of guanidine groups is 1. The van der Waals surface area contributed by atoms with Crippen LogP contribution in [0, 0.1) is 0 Å². The van der Waals surface area contributed by atoms with Gasteiger partial charge in [0.2, 0.25) is 0 Å². The summed E-state index contributed by atoms with van der Waals surface area (Å²) in [6, 6.07) is 1.05. The Balaban J connectivity index is 2.18. The van der Waals surface area contributed by atoms with Crippen molar-refractivity contribution in [3.63, 3.8) is 0 Å². The molecule has 0 bridgehead atoms. The molecule has 1 saturated carbocycles. The molecule has 1 fully saturated rings. The van der Waals surface area contributed by atoms with Gasteiger partial charge >= 0.3 is 0 Å². The summed E-state index contributed by atoms with van der Waals surface area (Å²) in [5, 5.41) is 3.56. The van der Waals surface area contributed by atoms with E-state index in [1.807, 2.05) is 0 Å². The Bertz CT molecular complexity index is 181. The van der Waals surface area contributed by atoms with E-state index in [1.54, 1.807) is 0 Å². The number of nitrogens with zero attached hydrogens (tertiary/aromatic N) is 1. The van der Waals surface area contributed by atoms with E-state index in [0.717, 1.165) is 0 Å². The summed E-state index contributed by atoms with van der Waals surface area (Å²) in [6.07, 6.45) is 6.69. The Morgan fingerprint density at radius 1 is 1.36 bits per heavy atom. The van der Waals surface area contributed by atoms with Crippen molar-refractivity contribution in [2.75, 3.05) is 6.54 Å². The van der Waals surface area contributed by atoms with E-state index in [-0.39, 0.29) is 5.96 Å². The molecule has 14 heavy (non-hydrogen) atoms. The van der Waals surface area contributed by atoms with Crippen molar-refractivity contribution in [2.45, 2.75) is 51.1 Å². The smallest absolute Gasteiger partial charge is 0.185 e. The van der Waals surface area contributed by atoms with E-state index >= 15 is 0 Å². The van der Waals surface area contributed by atoms with Crippen LogP contribution in [0.3, 0.4) is 0 Å².